The van der Waals surface area contributed by atoms with Gasteiger partial charge in [-0.1, -0.05) is 31.4 Å². The second-order valence-electron chi connectivity index (χ2n) is 2.23. The Balaban J connectivity index is 4.66. The van der Waals surface area contributed by atoms with Crippen LogP contribution in [0.2, 0.25) is 0 Å². The van der Waals surface area contributed by atoms with Crippen LogP contribution in [0.15, 0.2) is 37.0 Å². The molecular formula is C9H14N2O. The van der Waals surface area contributed by atoms with Crippen molar-refractivity contribution in [3.8, 4) is 0 Å². The number of rotatable bonds is 5. The lowest BCUT2D eigenvalue weighted by atomic mass is 10.1. The van der Waals surface area contributed by atoms with E-state index < -0.39 is 11.9 Å². The van der Waals surface area contributed by atoms with Gasteiger partial charge in [0, 0.05) is 0 Å². The van der Waals surface area contributed by atoms with Gasteiger partial charge in [-0.2, -0.15) is 0 Å². The average molecular weight is 166 g/mol. The fraction of sp³-hybridized carbons (Fsp3) is 0.222. The van der Waals surface area contributed by atoms with Crippen molar-refractivity contribution in [1.29, 1.82) is 0 Å². The monoisotopic (exact) mass is 166 g/mol. The quantitative estimate of drug-likeness (QED) is 0.579. The highest BCUT2D eigenvalue weighted by molar-refractivity contribution is 5.84. The molecule has 0 fully saturated rings. The van der Waals surface area contributed by atoms with Gasteiger partial charge >= 0.3 is 0 Å². The Morgan fingerprint density at radius 3 is 2.42 bits per heavy atom. The summed E-state index contributed by atoms with van der Waals surface area (Å²) in [7, 11) is 1.66. The van der Waals surface area contributed by atoms with Gasteiger partial charge in [-0.15, -0.1) is 0 Å². The van der Waals surface area contributed by atoms with Gasteiger partial charge in [0.25, 0.3) is 0 Å². The molecule has 0 heterocycles. The van der Waals surface area contributed by atoms with E-state index >= 15 is 0 Å². The molecule has 0 aromatic heterocycles. The summed E-state index contributed by atoms with van der Waals surface area (Å²) in [5.41, 5.74) is 5.85. The Bertz CT molecular complexity index is 219. The van der Waals surface area contributed by atoms with E-state index in [0.717, 1.165) is 5.57 Å². The number of allylic oxidation sites excluding steroid dienone is 2. The number of hydrogen-bond acceptors (Lipinski definition) is 2. The summed E-state index contributed by atoms with van der Waals surface area (Å²) in [5, 5.41) is 2.78. The fourth-order valence-electron chi connectivity index (χ4n) is 0.891. The van der Waals surface area contributed by atoms with Crippen molar-refractivity contribution in [2.45, 2.75) is 6.04 Å². The maximum atomic E-state index is 10.8. The van der Waals surface area contributed by atoms with Gasteiger partial charge in [-0.05, 0) is 12.6 Å². The Hall–Kier alpha value is -1.35. The molecule has 1 amide bonds. The zero-order valence-corrected chi connectivity index (χ0v) is 7.21. The molecule has 0 aliphatic rings. The second-order valence-corrected chi connectivity index (χ2v) is 2.23. The number of amides is 1. The molecule has 0 radical (unpaired) electrons. The molecule has 12 heavy (non-hydrogen) atoms. The lowest BCUT2D eigenvalue weighted by Gasteiger charge is -2.12. The van der Waals surface area contributed by atoms with E-state index in [1.165, 1.54) is 0 Å². The third-order valence-corrected chi connectivity index (χ3v) is 1.45. The van der Waals surface area contributed by atoms with Gasteiger partial charge in [0.15, 0.2) is 0 Å². The zero-order chi connectivity index (χ0) is 9.56. The maximum absolute atomic E-state index is 10.8. The van der Waals surface area contributed by atoms with Gasteiger partial charge in [0.2, 0.25) is 5.91 Å². The molecule has 66 valence electrons. The van der Waals surface area contributed by atoms with Crippen molar-refractivity contribution in [1.82, 2.24) is 5.32 Å². The lowest BCUT2D eigenvalue weighted by molar-refractivity contribution is -0.118. The fourth-order valence-corrected chi connectivity index (χ4v) is 0.891. The molecule has 0 aromatic carbocycles. The molecular weight excluding hydrogens is 152 g/mol. The molecule has 0 aliphatic heterocycles. The molecule has 0 saturated heterocycles. The Morgan fingerprint density at radius 2 is 2.17 bits per heavy atom. The van der Waals surface area contributed by atoms with E-state index in [-0.39, 0.29) is 0 Å². The SMILES string of the molecule is C=C/C=C(\C=C)C(NC)C(N)=O. The van der Waals surface area contributed by atoms with Gasteiger partial charge < -0.3 is 11.1 Å². The number of nitrogens with one attached hydrogen (secondary N) is 1. The molecule has 0 rings (SSSR count). The van der Waals surface area contributed by atoms with Crippen LogP contribution in [0.1, 0.15) is 0 Å². The van der Waals surface area contributed by atoms with E-state index in [1.54, 1.807) is 25.3 Å². The molecule has 3 nitrogen and oxygen atoms in total. The lowest BCUT2D eigenvalue weighted by Crippen LogP contribution is -2.40. The van der Waals surface area contributed by atoms with Crippen molar-refractivity contribution < 1.29 is 4.79 Å². The molecule has 0 bridgehead atoms. The number of carbonyl (C=O) groups excluding carboxylic acids is 1. The van der Waals surface area contributed by atoms with Gasteiger partial charge in [0.05, 0.1) is 0 Å². The summed E-state index contributed by atoms with van der Waals surface area (Å²) in [6.07, 6.45) is 4.86. The average Bonchev–Trinajstić information content (AvgIpc) is 2.03. The Labute approximate surface area is 72.6 Å². The van der Waals surface area contributed by atoms with Crippen LogP contribution in [0.5, 0.6) is 0 Å². The van der Waals surface area contributed by atoms with Crippen LogP contribution in [-0.4, -0.2) is 19.0 Å². The van der Waals surface area contributed by atoms with Crippen molar-refractivity contribution in [2.24, 2.45) is 5.73 Å². The molecule has 1 unspecified atom stereocenters. The summed E-state index contributed by atoms with van der Waals surface area (Å²) in [6.45, 7) is 7.09. The van der Waals surface area contributed by atoms with E-state index in [1.807, 2.05) is 0 Å². The highest BCUT2D eigenvalue weighted by atomic mass is 16.1. The second kappa shape index (κ2) is 5.32. The molecule has 3 N–H and O–H groups in total. The van der Waals surface area contributed by atoms with E-state index in [0.29, 0.717) is 0 Å². The standard InChI is InChI=1S/C9H14N2O/c1-4-6-7(5-2)8(11-3)9(10)12/h4-6,8,11H,1-2H2,3H3,(H2,10,12)/b7-6+. The summed E-state index contributed by atoms with van der Waals surface area (Å²) >= 11 is 0. The zero-order valence-electron chi connectivity index (χ0n) is 7.21. The minimum absolute atomic E-state index is 0.425. The summed E-state index contributed by atoms with van der Waals surface area (Å²) in [6, 6.07) is -0.486. The number of primary amides is 1. The van der Waals surface area contributed by atoms with Crippen molar-refractivity contribution in [2.75, 3.05) is 7.05 Å². The topological polar surface area (TPSA) is 55.1 Å². The highest BCUT2D eigenvalue weighted by Gasteiger charge is 2.14. The number of hydrogen-bond donors (Lipinski definition) is 2. The number of carbonyl (C=O) groups is 1. The van der Waals surface area contributed by atoms with E-state index in [2.05, 4.69) is 18.5 Å². The molecule has 0 spiro atoms. The third kappa shape index (κ3) is 2.72. The van der Waals surface area contributed by atoms with Crippen LogP contribution >= 0.6 is 0 Å². The van der Waals surface area contributed by atoms with Crippen LogP contribution in [0.3, 0.4) is 0 Å². The minimum atomic E-state index is -0.486. The van der Waals surface area contributed by atoms with Gasteiger partial charge in [0.1, 0.15) is 6.04 Å². The summed E-state index contributed by atoms with van der Waals surface area (Å²) < 4.78 is 0. The summed E-state index contributed by atoms with van der Waals surface area (Å²) in [5.74, 6) is -0.425. The first-order chi connectivity index (χ1) is 5.67. The molecule has 3 heteroatoms. The summed E-state index contributed by atoms with van der Waals surface area (Å²) in [4.78, 5) is 10.8. The largest absolute Gasteiger partial charge is 0.368 e. The normalized spacial score (nSPS) is 13.6. The van der Waals surface area contributed by atoms with E-state index in [9.17, 15) is 4.79 Å². The molecule has 0 aromatic rings. The van der Waals surface area contributed by atoms with Crippen LogP contribution in [-0.2, 0) is 4.79 Å². The van der Waals surface area contributed by atoms with E-state index in [4.69, 9.17) is 5.73 Å². The van der Waals surface area contributed by atoms with Crippen LogP contribution in [0, 0.1) is 0 Å². The van der Waals surface area contributed by atoms with Crippen LogP contribution in [0.4, 0.5) is 0 Å². The predicted molar refractivity (Wildman–Crippen MR) is 50.5 cm³/mol. The molecule has 1 atom stereocenters. The highest BCUT2D eigenvalue weighted by Crippen LogP contribution is 2.02. The molecule has 0 saturated carbocycles. The van der Waals surface area contributed by atoms with Crippen LogP contribution in [0.25, 0.3) is 0 Å². The van der Waals surface area contributed by atoms with Crippen molar-refractivity contribution in [3.05, 3.63) is 37.0 Å². The predicted octanol–water partition coefficient (Wildman–Crippen LogP) is 0.358. The first-order valence-electron chi connectivity index (χ1n) is 3.59. The Kier molecular flexibility index (Phi) is 4.72. The number of nitrogens with two attached hydrogens (primary N) is 1. The molecule has 0 aliphatic carbocycles. The third-order valence-electron chi connectivity index (χ3n) is 1.45. The minimum Gasteiger partial charge on any atom is -0.368 e. The van der Waals surface area contributed by atoms with Crippen LogP contribution < -0.4 is 11.1 Å². The van der Waals surface area contributed by atoms with Crippen molar-refractivity contribution in [3.63, 3.8) is 0 Å². The first kappa shape index (κ1) is 10.7. The van der Waals surface area contributed by atoms with Gasteiger partial charge in [-0.25, -0.2) is 0 Å². The smallest absolute Gasteiger partial charge is 0.239 e. The number of likely N-dealkylation sites (N-methyl/N-ethyl adjacent to an activating group) is 1. The van der Waals surface area contributed by atoms with Crippen molar-refractivity contribution >= 4 is 5.91 Å². The Morgan fingerprint density at radius 1 is 1.58 bits per heavy atom. The van der Waals surface area contributed by atoms with Gasteiger partial charge in [-0.3, -0.25) is 4.79 Å². The first-order valence-corrected chi connectivity index (χ1v) is 3.59. The maximum Gasteiger partial charge on any atom is 0.239 e.